The summed E-state index contributed by atoms with van der Waals surface area (Å²) in [4.78, 5) is 7.67. The molecule has 192 valence electrons. The molecule has 0 amide bonds. The molecule has 1 saturated carbocycles. The number of hydrogen-bond donors (Lipinski definition) is 1. The third-order valence-electron chi connectivity index (χ3n) is 7.15. The highest BCUT2D eigenvalue weighted by Gasteiger charge is 2.24. The number of nitrogens with one attached hydrogen (secondary N) is 1. The molecular weight excluding hydrogens is 396 g/mol. The minimum atomic E-state index is 0.560. The van der Waals surface area contributed by atoms with Crippen LogP contribution >= 0.6 is 0 Å². The number of likely N-dealkylation sites (N-methyl/N-ethyl adjacent to an activating group) is 1. The predicted molar refractivity (Wildman–Crippen MR) is 141 cm³/mol. The molecule has 0 spiro atoms. The molecule has 0 aromatic rings. The Morgan fingerprint density at radius 1 is 0.719 bits per heavy atom. The van der Waals surface area contributed by atoms with Crippen LogP contribution in [0.2, 0.25) is 0 Å². The molecular formula is C27H58N4O. The van der Waals surface area contributed by atoms with Crippen molar-refractivity contribution in [3.63, 3.8) is 0 Å². The van der Waals surface area contributed by atoms with Crippen LogP contribution in [0.5, 0.6) is 0 Å². The van der Waals surface area contributed by atoms with Gasteiger partial charge in [0.05, 0.1) is 12.2 Å². The molecule has 1 unspecified atom stereocenters. The zero-order valence-corrected chi connectivity index (χ0v) is 22.7. The van der Waals surface area contributed by atoms with Gasteiger partial charge in [-0.2, -0.15) is 0 Å². The lowest BCUT2D eigenvalue weighted by atomic mass is 9.97. The van der Waals surface area contributed by atoms with Gasteiger partial charge in [0.15, 0.2) is 0 Å². The monoisotopic (exact) mass is 454 g/mol. The van der Waals surface area contributed by atoms with Gasteiger partial charge in [-0.25, -0.2) is 0 Å². The summed E-state index contributed by atoms with van der Waals surface area (Å²) in [5, 5.41) is 3.37. The van der Waals surface area contributed by atoms with Crippen molar-refractivity contribution in [2.24, 2.45) is 5.92 Å². The molecule has 3 saturated heterocycles. The van der Waals surface area contributed by atoms with E-state index in [0.29, 0.717) is 12.2 Å². The standard InChI is InChI=1S/C12H25N3.C11H21NO.2C2H6/c1-3-14-5-4-12(10-14)11-15-8-6-13(2)7-9-15;1-2-4-10(5-3-1)13-11-6-8-12-9-7-11;2*1-2/h12H,3-11H2,1-2H3;10-12H,1-9H2;2*1-2H3. The van der Waals surface area contributed by atoms with Crippen LogP contribution in [0.4, 0.5) is 0 Å². The van der Waals surface area contributed by atoms with Crippen molar-refractivity contribution in [1.29, 1.82) is 0 Å². The number of piperazine rings is 1. The van der Waals surface area contributed by atoms with Crippen LogP contribution in [0, 0.1) is 5.92 Å². The van der Waals surface area contributed by atoms with Crippen LogP contribution in [-0.4, -0.2) is 99.4 Å². The third-order valence-corrected chi connectivity index (χ3v) is 7.15. The Labute approximate surface area is 201 Å². The van der Waals surface area contributed by atoms with Crippen molar-refractivity contribution in [3.8, 4) is 0 Å². The fourth-order valence-corrected chi connectivity index (χ4v) is 5.15. The average molecular weight is 455 g/mol. The van der Waals surface area contributed by atoms with Crippen molar-refractivity contribution in [3.05, 3.63) is 0 Å². The van der Waals surface area contributed by atoms with E-state index in [1.807, 2.05) is 27.7 Å². The highest BCUT2D eigenvalue weighted by Crippen LogP contribution is 2.23. The summed E-state index contributed by atoms with van der Waals surface area (Å²) in [6.07, 6.45) is 11.8. The Kier molecular flexibility index (Phi) is 17.8. The average Bonchev–Trinajstić information content (AvgIpc) is 3.32. The Bertz CT molecular complexity index is 386. The topological polar surface area (TPSA) is 31.0 Å². The molecule has 5 nitrogen and oxygen atoms in total. The summed E-state index contributed by atoms with van der Waals surface area (Å²) in [7, 11) is 2.23. The van der Waals surface area contributed by atoms with Crippen molar-refractivity contribution in [2.75, 3.05) is 72.5 Å². The molecule has 1 aliphatic carbocycles. The van der Waals surface area contributed by atoms with Gasteiger partial charge in [0, 0.05) is 39.3 Å². The van der Waals surface area contributed by atoms with Gasteiger partial charge in [0.2, 0.25) is 0 Å². The fourth-order valence-electron chi connectivity index (χ4n) is 5.15. The first-order chi connectivity index (χ1) is 15.7. The number of nitrogens with zero attached hydrogens (tertiary/aromatic N) is 3. The summed E-state index contributed by atoms with van der Waals surface area (Å²) in [5.74, 6) is 0.938. The minimum Gasteiger partial charge on any atom is -0.375 e. The molecule has 32 heavy (non-hydrogen) atoms. The van der Waals surface area contributed by atoms with Gasteiger partial charge >= 0.3 is 0 Å². The van der Waals surface area contributed by atoms with Crippen LogP contribution in [0.1, 0.15) is 86.0 Å². The number of ether oxygens (including phenoxy) is 1. The second-order valence-electron chi connectivity index (χ2n) is 9.50. The van der Waals surface area contributed by atoms with Crippen molar-refractivity contribution >= 4 is 0 Å². The smallest absolute Gasteiger partial charge is 0.0603 e. The van der Waals surface area contributed by atoms with E-state index in [0.717, 1.165) is 19.0 Å². The highest BCUT2D eigenvalue weighted by molar-refractivity contribution is 4.79. The summed E-state index contributed by atoms with van der Waals surface area (Å²) < 4.78 is 6.09. The summed E-state index contributed by atoms with van der Waals surface area (Å²) >= 11 is 0. The number of rotatable bonds is 5. The van der Waals surface area contributed by atoms with Crippen LogP contribution in [0.3, 0.4) is 0 Å². The highest BCUT2D eigenvalue weighted by atomic mass is 16.5. The predicted octanol–water partition coefficient (Wildman–Crippen LogP) is 4.72. The lowest BCUT2D eigenvalue weighted by Gasteiger charge is -2.33. The Morgan fingerprint density at radius 2 is 1.31 bits per heavy atom. The van der Waals surface area contributed by atoms with Crippen LogP contribution < -0.4 is 5.32 Å². The van der Waals surface area contributed by atoms with E-state index in [1.165, 1.54) is 104 Å². The van der Waals surface area contributed by atoms with Crippen LogP contribution in [0.15, 0.2) is 0 Å². The second-order valence-corrected chi connectivity index (χ2v) is 9.50. The fraction of sp³-hybridized carbons (Fsp3) is 1.00. The Hall–Kier alpha value is -0.200. The molecule has 3 heterocycles. The van der Waals surface area contributed by atoms with Gasteiger partial charge in [-0.3, -0.25) is 0 Å². The minimum absolute atomic E-state index is 0.560. The Balaban J connectivity index is 0.000000279. The van der Waals surface area contributed by atoms with E-state index in [2.05, 4.69) is 34.0 Å². The van der Waals surface area contributed by atoms with E-state index in [4.69, 9.17) is 4.74 Å². The third kappa shape index (κ3) is 12.3. The van der Waals surface area contributed by atoms with Gasteiger partial charge < -0.3 is 24.8 Å². The molecule has 0 radical (unpaired) electrons. The molecule has 0 aromatic heterocycles. The van der Waals surface area contributed by atoms with Crippen LogP contribution in [0.25, 0.3) is 0 Å². The maximum atomic E-state index is 6.09. The molecule has 1 N–H and O–H groups in total. The van der Waals surface area contributed by atoms with Gasteiger partial charge in [-0.1, -0.05) is 53.9 Å². The van der Waals surface area contributed by atoms with E-state index in [-0.39, 0.29) is 0 Å². The molecule has 1 atom stereocenters. The summed E-state index contributed by atoms with van der Waals surface area (Å²) in [6, 6.07) is 0. The molecule has 0 aromatic carbocycles. The first-order valence-electron chi connectivity index (χ1n) is 14.2. The number of piperidine rings is 1. The zero-order valence-electron chi connectivity index (χ0n) is 22.7. The largest absolute Gasteiger partial charge is 0.375 e. The lowest BCUT2D eigenvalue weighted by molar-refractivity contribution is -0.0419. The molecule has 4 rings (SSSR count). The maximum Gasteiger partial charge on any atom is 0.0603 e. The second kappa shape index (κ2) is 19.1. The Morgan fingerprint density at radius 3 is 1.88 bits per heavy atom. The molecule has 4 fully saturated rings. The zero-order chi connectivity index (χ0) is 23.6. The first-order valence-corrected chi connectivity index (χ1v) is 14.2. The molecule has 0 bridgehead atoms. The van der Waals surface area contributed by atoms with E-state index in [1.54, 1.807) is 0 Å². The van der Waals surface area contributed by atoms with Gasteiger partial charge in [0.1, 0.15) is 0 Å². The summed E-state index contributed by atoms with van der Waals surface area (Å²) in [6.45, 7) is 22.9. The van der Waals surface area contributed by atoms with Crippen molar-refractivity contribution in [2.45, 2.75) is 98.2 Å². The number of likely N-dealkylation sites (tertiary alicyclic amines) is 1. The first kappa shape index (κ1) is 29.8. The van der Waals surface area contributed by atoms with Crippen LogP contribution in [-0.2, 0) is 4.74 Å². The quantitative estimate of drug-likeness (QED) is 0.650. The van der Waals surface area contributed by atoms with Gasteiger partial charge in [-0.05, 0) is 71.2 Å². The molecule has 5 heteroatoms. The van der Waals surface area contributed by atoms with E-state index < -0.39 is 0 Å². The van der Waals surface area contributed by atoms with Gasteiger partial charge in [0.25, 0.3) is 0 Å². The normalized spacial score (nSPS) is 26.2. The summed E-state index contributed by atoms with van der Waals surface area (Å²) in [5.41, 5.74) is 0. The maximum absolute atomic E-state index is 6.09. The lowest BCUT2D eigenvalue weighted by Crippen LogP contribution is -2.46. The number of hydrogen-bond acceptors (Lipinski definition) is 5. The van der Waals surface area contributed by atoms with Crippen molar-refractivity contribution in [1.82, 2.24) is 20.0 Å². The van der Waals surface area contributed by atoms with E-state index >= 15 is 0 Å². The SMILES string of the molecule is C1CCC(OC2CCNCC2)CC1.CC.CC.CCN1CCC(CN2CCN(C)CC2)C1. The van der Waals surface area contributed by atoms with Crippen molar-refractivity contribution < 1.29 is 4.74 Å². The van der Waals surface area contributed by atoms with E-state index in [9.17, 15) is 0 Å². The van der Waals surface area contributed by atoms with Gasteiger partial charge in [-0.15, -0.1) is 0 Å². The molecule has 4 aliphatic rings. The molecule has 3 aliphatic heterocycles.